The lowest BCUT2D eigenvalue weighted by Crippen LogP contribution is -2.45. The predicted molar refractivity (Wildman–Crippen MR) is 106 cm³/mol. The number of carbonyl (C=O) groups is 4. The number of rotatable bonds is 3. The number of hydrogen-bond acceptors (Lipinski definition) is 8. The van der Waals surface area contributed by atoms with E-state index >= 15 is 0 Å². The number of carboxylic acid groups (broad SMARTS) is 1. The Hall–Kier alpha value is -2.56. The molecular formula is C20H32N2O9. The molecule has 2 aliphatic rings. The van der Waals surface area contributed by atoms with Crippen LogP contribution in [0.4, 0.5) is 9.59 Å². The van der Waals surface area contributed by atoms with Gasteiger partial charge in [0.1, 0.15) is 29.4 Å². The predicted octanol–water partition coefficient (Wildman–Crippen LogP) is 1.36. The van der Waals surface area contributed by atoms with Gasteiger partial charge in [-0.3, -0.25) is 9.80 Å². The van der Waals surface area contributed by atoms with E-state index in [1.807, 2.05) is 0 Å². The van der Waals surface area contributed by atoms with E-state index in [1.54, 1.807) is 41.5 Å². The first kappa shape index (κ1) is 24.7. The number of amides is 2. The fraction of sp³-hybridized carbons (Fsp3) is 0.800. The zero-order chi connectivity index (χ0) is 23.7. The van der Waals surface area contributed by atoms with Crippen molar-refractivity contribution in [2.24, 2.45) is 0 Å². The van der Waals surface area contributed by atoms with Gasteiger partial charge in [0.2, 0.25) is 0 Å². The highest BCUT2D eigenvalue weighted by atomic mass is 16.6. The molecule has 31 heavy (non-hydrogen) atoms. The molecular weight excluding hydrogens is 412 g/mol. The number of nitrogens with zero attached hydrogens (tertiary/aromatic N) is 2. The zero-order valence-electron chi connectivity index (χ0n) is 18.8. The van der Waals surface area contributed by atoms with Crippen LogP contribution in [0.15, 0.2) is 0 Å². The normalized spacial score (nSPS) is 26.5. The average molecular weight is 444 g/mol. The Morgan fingerprint density at radius 3 is 1.74 bits per heavy atom. The Balaban J connectivity index is 2.07. The van der Waals surface area contributed by atoms with Crippen molar-refractivity contribution in [1.82, 2.24) is 9.80 Å². The van der Waals surface area contributed by atoms with Gasteiger partial charge < -0.3 is 24.4 Å². The maximum absolute atomic E-state index is 12.7. The molecule has 2 rings (SSSR count). The first-order valence-electron chi connectivity index (χ1n) is 10.2. The number of aliphatic carboxylic acids is 1. The van der Waals surface area contributed by atoms with E-state index in [1.165, 1.54) is 0 Å². The number of carbonyl (C=O) groups excluding carboxylic acids is 3. The molecule has 2 amide bonds. The van der Waals surface area contributed by atoms with Gasteiger partial charge in [0.15, 0.2) is 0 Å². The molecule has 2 fully saturated rings. The van der Waals surface area contributed by atoms with Gasteiger partial charge in [-0.05, 0) is 41.5 Å². The molecule has 2 aliphatic heterocycles. The molecule has 0 spiro atoms. The first-order valence-corrected chi connectivity index (χ1v) is 10.2. The van der Waals surface area contributed by atoms with Crippen LogP contribution in [0.3, 0.4) is 0 Å². The summed E-state index contributed by atoms with van der Waals surface area (Å²) >= 11 is 0. The van der Waals surface area contributed by atoms with Crippen LogP contribution < -0.4 is 0 Å². The van der Waals surface area contributed by atoms with Gasteiger partial charge in [0.05, 0.1) is 19.2 Å². The lowest BCUT2D eigenvalue weighted by atomic mass is 10.2. The van der Waals surface area contributed by atoms with Crippen LogP contribution in [0.25, 0.3) is 0 Å². The second-order valence-corrected chi connectivity index (χ2v) is 9.82. The van der Waals surface area contributed by atoms with E-state index in [0.717, 1.165) is 9.80 Å². The number of aliphatic hydroxyl groups excluding tert-OH is 1. The average Bonchev–Trinajstić information content (AvgIpc) is 3.15. The van der Waals surface area contributed by atoms with Crippen LogP contribution in [0.2, 0.25) is 0 Å². The minimum absolute atomic E-state index is 0.0249. The van der Waals surface area contributed by atoms with Gasteiger partial charge in [0, 0.05) is 12.8 Å². The third-order valence-corrected chi connectivity index (χ3v) is 4.64. The molecule has 0 saturated carbocycles. The summed E-state index contributed by atoms with van der Waals surface area (Å²) in [5.41, 5.74) is -1.60. The van der Waals surface area contributed by atoms with E-state index in [4.69, 9.17) is 14.2 Å². The molecule has 176 valence electrons. The summed E-state index contributed by atoms with van der Waals surface area (Å²) in [4.78, 5) is 51.2. The van der Waals surface area contributed by atoms with E-state index in [-0.39, 0.29) is 25.9 Å². The molecule has 11 heteroatoms. The largest absolute Gasteiger partial charge is 0.480 e. The Bertz CT molecular complexity index is 725. The summed E-state index contributed by atoms with van der Waals surface area (Å²) in [5, 5.41) is 19.4. The van der Waals surface area contributed by atoms with Gasteiger partial charge in [-0.1, -0.05) is 0 Å². The molecule has 0 aromatic heterocycles. The Labute approximate surface area is 181 Å². The number of ether oxygens (including phenoxy) is 3. The van der Waals surface area contributed by atoms with Gasteiger partial charge in [0.25, 0.3) is 0 Å². The van der Waals surface area contributed by atoms with Crippen molar-refractivity contribution >= 4 is 24.1 Å². The van der Waals surface area contributed by atoms with Crippen molar-refractivity contribution in [2.45, 2.75) is 89.9 Å². The van der Waals surface area contributed by atoms with Crippen molar-refractivity contribution in [3.05, 3.63) is 0 Å². The number of hydrogen-bond donors (Lipinski definition) is 2. The molecule has 0 bridgehead atoms. The minimum atomic E-state index is -1.24. The smallest absolute Gasteiger partial charge is 0.411 e. The summed E-state index contributed by atoms with van der Waals surface area (Å²) in [6.07, 6.45) is -3.51. The van der Waals surface area contributed by atoms with E-state index in [0.29, 0.717) is 0 Å². The Morgan fingerprint density at radius 2 is 1.29 bits per heavy atom. The monoisotopic (exact) mass is 444 g/mol. The lowest BCUT2D eigenvalue weighted by Gasteiger charge is -2.28. The number of carboxylic acids is 1. The van der Waals surface area contributed by atoms with Crippen LogP contribution in [-0.4, -0.2) is 92.7 Å². The molecule has 0 aromatic rings. The molecule has 2 heterocycles. The van der Waals surface area contributed by atoms with Crippen LogP contribution in [0.5, 0.6) is 0 Å². The van der Waals surface area contributed by atoms with Crippen molar-refractivity contribution in [3.63, 3.8) is 0 Å². The molecule has 0 aromatic carbocycles. The first-order chi connectivity index (χ1) is 14.1. The second kappa shape index (κ2) is 8.89. The van der Waals surface area contributed by atoms with Gasteiger partial charge in [-0.25, -0.2) is 19.2 Å². The van der Waals surface area contributed by atoms with Crippen LogP contribution in [-0.2, 0) is 23.8 Å². The van der Waals surface area contributed by atoms with Crippen LogP contribution >= 0.6 is 0 Å². The van der Waals surface area contributed by atoms with Gasteiger partial charge >= 0.3 is 24.1 Å². The topological polar surface area (TPSA) is 143 Å². The standard InChI is InChI=1S/C20H32N2O9/c1-19(2,3)30-17(27)21-9-11(23)7-14(21)16(26)29-12-8-13(15(24)25)22(10-12)18(28)31-20(4,5)6/h11-14,23H,7-10H2,1-6H3,(H,24,25)/t11-,12-,13+,14+/m0/s1. The fourth-order valence-electron chi connectivity index (χ4n) is 3.44. The summed E-state index contributed by atoms with van der Waals surface area (Å²) in [6.45, 7) is 9.78. The Morgan fingerprint density at radius 1 is 0.806 bits per heavy atom. The molecule has 0 unspecified atom stereocenters. The van der Waals surface area contributed by atoms with E-state index in [9.17, 15) is 29.4 Å². The van der Waals surface area contributed by atoms with Gasteiger partial charge in [-0.15, -0.1) is 0 Å². The highest BCUT2D eigenvalue weighted by molar-refractivity contribution is 5.83. The number of esters is 1. The third-order valence-electron chi connectivity index (χ3n) is 4.64. The quantitative estimate of drug-likeness (QED) is 0.487. The second-order valence-electron chi connectivity index (χ2n) is 9.82. The van der Waals surface area contributed by atoms with Crippen molar-refractivity contribution in [2.75, 3.05) is 13.1 Å². The number of β-amino-alcohol motifs (C(OH)–C–C–N with tert-alkyl or cyclic N) is 1. The van der Waals surface area contributed by atoms with Crippen molar-refractivity contribution < 1.29 is 43.6 Å². The zero-order valence-corrected chi connectivity index (χ0v) is 18.8. The van der Waals surface area contributed by atoms with Crippen molar-refractivity contribution in [1.29, 1.82) is 0 Å². The molecule has 0 aliphatic carbocycles. The summed E-state index contributed by atoms with van der Waals surface area (Å²) < 4.78 is 16.0. The van der Waals surface area contributed by atoms with E-state index in [2.05, 4.69) is 0 Å². The highest BCUT2D eigenvalue weighted by Gasteiger charge is 2.46. The summed E-state index contributed by atoms with van der Waals surface area (Å²) in [6, 6.07) is -2.27. The summed E-state index contributed by atoms with van der Waals surface area (Å²) in [5.74, 6) is -2.03. The van der Waals surface area contributed by atoms with Gasteiger partial charge in [-0.2, -0.15) is 0 Å². The van der Waals surface area contributed by atoms with Crippen molar-refractivity contribution in [3.8, 4) is 0 Å². The number of likely N-dealkylation sites (tertiary alicyclic amines) is 2. The SMILES string of the molecule is CC(C)(C)OC(=O)N1C[C@@H](OC(=O)[C@H]2C[C@H](O)CN2C(=O)OC(C)(C)C)C[C@@H]1C(=O)O. The Kier molecular flexibility index (Phi) is 7.09. The minimum Gasteiger partial charge on any atom is -0.480 e. The molecule has 2 saturated heterocycles. The third kappa shape index (κ3) is 6.71. The molecule has 11 nitrogen and oxygen atoms in total. The lowest BCUT2D eigenvalue weighted by molar-refractivity contribution is -0.154. The highest BCUT2D eigenvalue weighted by Crippen LogP contribution is 2.27. The maximum Gasteiger partial charge on any atom is 0.411 e. The van der Waals surface area contributed by atoms with E-state index < -0.39 is 59.6 Å². The van der Waals surface area contributed by atoms with Crippen LogP contribution in [0.1, 0.15) is 54.4 Å². The molecule has 0 radical (unpaired) electrons. The summed E-state index contributed by atoms with van der Waals surface area (Å²) in [7, 11) is 0. The fourth-order valence-corrected chi connectivity index (χ4v) is 3.44. The van der Waals surface area contributed by atoms with Crippen LogP contribution in [0, 0.1) is 0 Å². The molecule has 4 atom stereocenters. The maximum atomic E-state index is 12.7. The molecule has 2 N–H and O–H groups in total. The number of aliphatic hydroxyl groups is 1.